The van der Waals surface area contributed by atoms with Gasteiger partial charge in [-0.15, -0.1) is 0 Å². The summed E-state index contributed by atoms with van der Waals surface area (Å²) in [6.45, 7) is 5.47. The Bertz CT molecular complexity index is 975. The maximum atomic E-state index is 12.6. The monoisotopic (exact) mass is 370 g/mol. The van der Waals surface area contributed by atoms with Crippen molar-refractivity contribution in [1.82, 2.24) is 0 Å². The van der Waals surface area contributed by atoms with Gasteiger partial charge in [0.2, 0.25) is 5.91 Å². The number of carbonyl (C=O) groups is 2. The fourth-order valence-corrected chi connectivity index (χ4v) is 2.75. The van der Waals surface area contributed by atoms with Crippen LogP contribution >= 0.6 is 11.6 Å². The van der Waals surface area contributed by atoms with Crippen molar-refractivity contribution < 1.29 is 14.0 Å². The highest BCUT2D eigenvalue weighted by molar-refractivity contribution is 6.35. The van der Waals surface area contributed by atoms with Crippen LogP contribution in [0.2, 0.25) is 5.02 Å². The number of halogens is 1. The molecule has 2 amide bonds. The van der Waals surface area contributed by atoms with Gasteiger partial charge in [0.25, 0.3) is 5.91 Å². The van der Waals surface area contributed by atoms with Crippen molar-refractivity contribution in [3.8, 4) is 0 Å². The number of carbonyl (C=O) groups excluding carboxylic acids is 2. The van der Waals surface area contributed by atoms with Gasteiger partial charge in [-0.3, -0.25) is 9.59 Å². The third kappa shape index (κ3) is 3.58. The number of nitrogens with one attached hydrogen (secondary N) is 2. The second-order valence-electron chi connectivity index (χ2n) is 6.35. The Hall–Kier alpha value is -2.79. The van der Waals surface area contributed by atoms with Crippen LogP contribution in [-0.2, 0) is 4.79 Å². The summed E-state index contributed by atoms with van der Waals surface area (Å²) in [5.74, 6) is -0.284. The molecule has 0 aliphatic carbocycles. The molecule has 1 heterocycles. The summed E-state index contributed by atoms with van der Waals surface area (Å²) >= 11 is 6.13. The van der Waals surface area contributed by atoms with Gasteiger partial charge < -0.3 is 15.1 Å². The largest absolute Gasteiger partial charge is 0.449 e. The quantitative estimate of drug-likeness (QED) is 0.659. The number of anilines is 2. The van der Waals surface area contributed by atoms with Crippen LogP contribution in [0, 0.1) is 12.8 Å². The number of hydrogen-bond donors (Lipinski definition) is 2. The summed E-state index contributed by atoms with van der Waals surface area (Å²) in [4.78, 5) is 24.3. The Morgan fingerprint density at radius 1 is 1.00 bits per heavy atom. The highest BCUT2D eigenvalue weighted by Crippen LogP contribution is 2.31. The van der Waals surface area contributed by atoms with Gasteiger partial charge in [-0.1, -0.05) is 37.6 Å². The van der Waals surface area contributed by atoms with E-state index in [1.54, 1.807) is 30.3 Å². The number of amides is 2. The molecular formula is C20H19ClN2O3. The van der Waals surface area contributed by atoms with E-state index in [2.05, 4.69) is 10.6 Å². The molecule has 2 N–H and O–H groups in total. The van der Waals surface area contributed by atoms with E-state index in [-0.39, 0.29) is 23.5 Å². The summed E-state index contributed by atoms with van der Waals surface area (Å²) in [5, 5.41) is 6.88. The van der Waals surface area contributed by atoms with E-state index in [4.69, 9.17) is 16.0 Å². The third-order valence-electron chi connectivity index (χ3n) is 4.06. The molecule has 0 unspecified atom stereocenters. The molecule has 6 heteroatoms. The van der Waals surface area contributed by atoms with Crippen molar-refractivity contribution in [2.75, 3.05) is 10.6 Å². The van der Waals surface area contributed by atoms with Crippen molar-refractivity contribution in [1.29, 1.82) is 0 Å². The average molecular weight is 371 g/mol. The van der Waals surface area contributed by atoms with E-state index >= 15 is 0 Å². The summed E-state index contributed by atoms with van der Waals surface area (Å²) in [6, 6.07) is 12.3. The van der Waals surface area contributed by atoms with Gasteiger partial charge in [-0.05, 0) is 37.3 Å². The van der Waals surface area contributed by atoms with Crippen molar-refractivity contribution in [3.05, 3.63) is 58.8 Å². The first-order chi connectivity index (χ1) is 12.4. The highest BCUT2D eigenvalue weighted by atomic mass is 35.5. The maximum absolute atomic E-state index is 12.6. The number of aryl methyl sites for hydroxylation is 1. The molecule has 3 aromatic rings. The van der Waals surface area contributed by atoms with Gasteiger partial charge in [0.05, 0.1) is 5.02 Å². The first kappa shape index (κ1) is 18.0. The van der Waals surface area contributed by atoms with Gasteiger partial charge in [0.1, 0.15) is 0 Å². The van der Waals surface area contributed by atoms with E-state index in [0.29, 0.717) is 22.0 Å². The Balaban J connectivity index is 1.77. The molecule has 0 saturated heterocycles. The zero-order valence-electron chi connectivity index (χ0n) is 14.7. The molecule has 26 heavy (non-hydrogen) atoms. The van der Waals surface area contributed by atoms with Crippen molar-refractivity contribution >= 4 is 45.8 Å². The minimum atomic E-state index is -0.353. The predicted molar refractivity (Wildman–Crippen MR) is 104 cm³/mol. The third-order valence-corrected chi connectivity index (χ3v) is 4.35. The standard InChI is InChI=1S/C20H19ClN2O3/c1-11(2)19(24)22-13-7-9-14(10-8-13)23-20(25)17-12(3)15-5-4-6-16(21)18(15)26-17/h4-11H,1-3H3,(H,22,24)(H,23,25). The Morgan fingerprint density at radius 2 is 1.62 bits per heavy atom. The van der Waals surface area contributed by atoms with Gasteiger partial charge in [0.15, 0.2) is 11.3 Å². The molecule has 0 aliphatic heterocycles. The summed E-state index contributed by atoms with van der Waals surface area (Å²) in [7, 11) is 0. The number of hydrogen-bond acceptors (Lipinski definition) is 3. The number of benzene rings is 2. The van der Waals surface area contributed by atoms with Crippen LogP contribution in [-0.4, -0.2) is 11.8 Å². The summed E-state index contributed by atoms with van der Waals surface area (Å²) in [6.07, 6.45) is 0. The number of rotatable bonds is 4. The second-order valence-corrected chi connectivity index (χ2v) is 6.76. The molecule has 5 nitrogen and oxygen atoms in total. The fraction of sp³-hybridized carbons (Fsp3) is 0.200. The molecule has 2 aromatic carbocycles. The lowest BCUT2D eigenvalue weighted by Crippen LogP contribution is -2.17. The molecule has 0 bridgehead atoms. The van der Waals surface area contributed by atoms with Crippen LogP contribution in [0.4, 0.5) is 11.4 Å². The molecule has 0 aliphatic rings. The SMILES string of the molecule is Cc1c(C(=O)Nc2ccc(NC(=O)C(C)C)cc2)oc2c(Cl)cccc12. The smallest absolute Gasteiger partial charge is 0.291 e. The fourth-order valence-electron chi connectivity index (χ4n) is 2.54. The number of fused-ring (bicyclic) bond motifs is 1. The minimum absolute atomic E-state index is 0.0587. The summed E-state index contributed by atoms with van der Waals surface area (Å²) in [5.41, 5.74) is 2.52. The van der Waals surface area contributed by atoms with Crippen molar-refractivity contribution in [3.63, 3.8) is 0 Å². The lowest BCUT2D eigenvalue weighted by molar-refractivity contribution is -0.118. The molecule has 0 spiro atoms. The topological polar surface area (TPSA) is 71.3 Å². The van der Waals surface area contributed by atoms with Gasteiger partial charge in [-0.2, -0.15) is 0 Å². The van der Waals surface area contributed by atoms with Crippen LogP contribution in [0.1, 0.15) is 30.0 Å². The molecule has 0 fully saturated rings. The molecular weight excluding hydrogens is 352 g/mol. The van der Waals surface area contributed by atoms with E-state index in [1.807, 2.05) is 32.9 Å². The van der Waals surface area contributed by atoms with Crippen LogP contribution in [0.25, 0.3) is 11.0 Å². The second kappa shape index (κ2) is 7.22. The molecule has 134 valence electrons. The maximum Gasteiger partial charge on any atom is 0.291 e. The van der Waals surface area contributed by atoms with Gasteiger partial charge in [-0.25, -0.2) is 0 Å². The van der Waals surface area contributed by atoms with Crippen LogP contribution in [0.3, 0.4) is 0 Å². The number of para-hydroxylation sites is 1. The predicted octanol–water partition coefficient (Wildman–Crippen LogP) is 5.24. The molecule has 0 saturated carbocycles. The molecule has 1 aromatic heterocycles. The van der Waals surface area contributed by atoms with Gasteiger partial charge >= 0.3 is 0 Å². The van der Waals surface area contributed by atoms with Crippen LogP contribution in [0.15, 0.2) is 46.9 Å². The highest BCUT2D eigenvalue weighted by Gasteiger charge is 2.19. The van der Waals surface area contributed by atoms with E-state index < -0.39 is 0 Å². The first-order valence-corrected chi connectivity index (χ1v) is 8.64. The van der Waals surface area contributed by atoms with Crippen LogP contribution in [0.5, 0.6) is 0 Å². The zero-order chi connectivity index (χ0) is 18.8. The van der Waals surface area contributed by atoms with Crippen LogP contribution < -0.4 is 10.6 Å². The molecule has 0 radical (unpaired) electrons. The Kier molecular flexibility index (Phi) is 5.00. The first-order valence-electron chi connectivity index (χ1n) is 8.26. The van der Waals surface area contributed by atoms with Crippen molar-refractivity contribution in [2.24, 2.45) is 5.92 Å². The van der Waals surface area contributed by atoms with E-state index in [9.17, 15) is 9.59 Å². The minimum Gasteiger partial charge on any atom is -0.449 e. The summed E-state index contributed by atoms with van der Waals surface area (Å²) < 4.78 is 5.67. The molecule has 0 atom stereocenters. The number of furan rings is 1. The Morgan fingerprint density at radius 3 is 2.19 bits per heavy atom. The van der Waals surface area contributed by atoms with Gasteiger partial charge in [0, 0.05) is 28.2 Å². The molecule has 3 rings (SSSR count). The van der Waals surface area contributed by atoms with Crippen molar-refractivity contribution in [2.45, 2.75) is 20.8 Å². The lowest BCUT2D eigenvalue weighted by Gasteiger charge is -2.09. The Labute approximate surface area is 156 Å². The average Bonchev–Trinajstić information content (AvgIpc) is 2.95. The normalized spacial score (nSPS) is 11.0. The zero-order valence-corrected chi connectivity index (χ0v) is 15.5. The van der Waals surface area contributed by atoms with E-state index in [1.165, 1.54) is 0 Å². The van der Waals surface area contributed by atoms with E-state index in [0.717, 1.165) is 10.9 Å². The lowest BCUT2D eigenvalue weighted by atomic mass is 10.1.